The lowest BCUT2D eigenvalue weighted by atomic mass is 9.86. The van der Waals surface area contributed by atoms with E-state index in [0.29, 0.717) is 10.7 Å². The van der Waals surface area contributed by atoms with E-state index in [-0.39, 0.29) is 5.41 Å². The summed E-state index contributed by atoms with van der Waals surface area (Å²) in [5.41, 5.74) is 7.62. The van der Waals surface area contributed by atoms with Crippen molar-refractivity contribution < 1.29 is 0 Å². The van der Waals surface area contributed by atoms with Gasteiger partial charge in [0.05, 0.1) is 10.7 Å². The Morgan fingerprint density at radius 2 is 1.85 bits per heavy atom. The summed E-state index contributed by atoms with van der Waals surface area (Å²) in [5, 5.41) is 0.552. The van der Waals surface area contributed by atoms with E-state index in [0.717, 1.165) is 10.5 Å². The quantitative estimate of drug-likeness (QED) is 0.503. The maximum Gasteiger partial charge on any atom is 0.0771 e. The van der Waals surface area contributed by atoms with Gasteiger partial charge in [-0.25, -0.2) is 0 Å². The van der Waals surface area contributed by atoms with E-state index in [1.807, 2.05) is 12.1 Å². The van der Waals surface area contributed by atoms with E-state index in [2.05, 4.69) is 33.4 Å². The van der Waals surface area contributed by atoms with Gasteiger partial charge in [-0.05, 0) is 17.0 Å². The predicted molar refractivity (Wildman–Crippen MR) is 61.8 cm³/mol. The molecule has 0 aliphatic heterocycles. The molecule has 0 amide bonds. The Bertz CT molecular complexity index is 328. The van der Waals surface area contributed by atoms with Crippen LogP contribution in [0.1, 0.15) is 26.3 Å². The first kappa shape index (κ1) is 10.7. The van der Waals surface area contributed by atoms with Crippen molar-refractivity contribution in [3.63, 3.8) is 0 Å². The number of nitrogen functional groups attached to an aromatic ring is 1. The van der Waals surface area contributed by atoms with Gasteiger partial charge in [0.15, 0.2) is 0 Å². The molecule has 1 rings (SSSR count). The normalized spacial score (nSPS) is 11.8. The van der Waals surface area contributed by atoms with Crippen molar-refractivity contribution >= 4 is 29.9 Å². The van der Waals surface area contributed by atoms with Crippen LogP contribution in [0.4, 0.5) is 5.69 Å². The molecule has 0 spiro atoms. The lowest BCUT2D eigenvalue weighted by molar-refractivity contribution is 0.592. The predicted octanol–water partition coefficient (Wildman–Crippen LogP) is 3.51. The average Bonchev–Trinajstić information content (AvgIpc) is 1.98. The van der Waals surface area contributed by atoms with Gasteiger partial charge in [-0.2, -0.15) is 0 Å². The molecule has 3 heteroatoms. The number of nitrogens with two attached hydrogens (primary N) is 1. The number of rotatable bonds is 0. The standard InChI is InChI=1S/C10H14ClNS/c1-10(2,3)6-4-5-7(13)8(11)9(6)12/h4-5,13H,12H2,1-3H3. The third-order valence-electron chi connectivity index (χ3n) is 1.97. The van der Waals surface area contributed by atoms with Gasteiger partial charge in [-0.3, -0.25) is 0 Å². The zero-order valence-electron chi connectivity index (χ0n) is 8.06. The van der Waals surface area contributed by atoms with Crippen LogP contribution in [-0.4, -0.2) is 0 Å². The van der Waals surface area contributed by atoms with E-state index in [4.69, 9.17) is 17.3 Å². The van der Waals surface area contributed by atoms with Gasteiger partial charge in [0.1, 0.15) is 0 Å². The summed E-state index contributed by atoms with van der Waals surface area (Å²) in [7, 11) is 0. The highest BCUT2D eigenvalue weighted by Gasteiger charge is 2.18. The zero-order chi connectivity index (χ0) is 10.2. The number of benzene rings is 1. The van der Waals surface area contributed by atoms with E-state index >= 15 is 0 Å². The summed E-state index contributed by atoms with van der Waals surface area (Å²) in [6.07, 6.45) is 0. The molecule has 0 saturated carbocycles. The molecule has 1 aromatic rings. The molecule has 0 aliphatic carbocycles. The fourth-order valence-corrected chi connectivity index (χ4v) is 1.60. The lowest BCUT2D eigenvalue weighted by Crippen LogP contribution is -2.14. The van der Waals surface area contributed by atoms with Gasteiger partial charge in [-0.1, -0.05) is 38.4 Å². The van der Waals surface area contributed by atoms with Crippen molar-refractivity contribution in [1.82, 2.24) is 0 Å². The Balaban J connectivity index is 3.35. The second-order valence-corrected chi connectivity index (χ2v) is 4.97. The fraction of sp³-hybridized carbons (Fsp3) is 0.400. The van der Waals surface area contributed by atoms with Crippen molar-refractivity contribution in [1.29, 1.82) is 0 Å². The monoisotopic (exact) mass is 215 g/mol. The molecule has 0 heterocycles. The Labute approximate surface area is 89.7 Å². The highest BCUT2D eigenvalue weighted by Crippen LogP contribution is 2.35. The molecular formula is C10H14ClNS. The fourth-order valence-electron chi connectivity index (χ4n) is 1.24. The van der Waals surface area contributed by atoms with Crippen molar-refractivity contribution in [2.24, 2.45) is 0 Å². The maximum atomic E-state index is 5.99. The Morgan fingerprint density at radius 3 is 2.31 bits per heavy atom. The largest absolute Gasteiger partial charge is 0.397 e. The summed E-state index contributed by atoms with van der Waals surface area (Å²) in [4.78, 5) is 0.729. The minimum atomic E-state index is 0.0230. The van der Waals surface area contributed by atoms with Gasteiger partial charge >= 0.3 is 0 Å². The highest BCUT2D eigenvalue weighted by molar-refractivity contribution is 7.80. The van der Waals surface area contributed by atoms with Crippen molar-refractivity contribution in [3.05, 3.63) is 22.7 Å². The first-order valence-corrected chi connectivity index (χ1v) is 4.94. The van der Waals surface area contributed by atoms with Gasteiger partial charge in [0.2, 0.25) is 0 Å². The van der Waals surface area contributed by atoms with Crippen molar-refractivity contribution in [2.45, 2.75) is 31.1 Å². The second kappa shape index (κ2) is 3.43. The second-order valence-electron chi connectivity index (χ2n) is 4.11. The topological polar surface area (TPSA) is 26.0 Å². The molecular weight excluding hydrogens is 202 g/mol. The molecule has 72 valence electrons. The Morgan fingerprint density at radius 1 is 1.31 bits per heavy atom. The SMILES string of the molecule is CC(C)(C)c1ccc(S)c(Cl)c1N. The van der Waals surface area contributed by atoms with Gasteiger partial charge in [0.25, 0.3) is 0 Å². The number of hydrogen-bond donors (Lipinski definition) is 2. The molecule has 13 heavy (non-hydrogen) atoms. The zero-order valence-corrected chi connectivity index (χ0v) is 9.71. The van der Waals surface area contributed by atoms with Crippen LogP contribution in [0, 0.1) is 0 Å². The molecule has 0 bridgehead atoms. The number of anilines is 1. The van der Waals surface area contributed by atoms with E-state index in [9.17, 15) is 0 Å². The third kappa shape index (κ3) is 2.12. The summed E-state index contributed by atoms with van der Waals surface area (Å²) in [6.45, 7) is 6.31. The summed E-state index contributed by atoms with van der Waals surface area (Å²) >= 11 is 10.2. The average molecular weight is 216 g/mol. The first-order valence-electron chi connectivity index (χ1n) is 4.11. The van der Waals surface area contributed by atoms with Gasteiger partial charge < -0.3 is 5.73 Å². The van der Waals surface area contributed by atoms with Crippen LogP contribution < -0.4 is 5.73 Å². The van der Waals surface area contributed by atoms with E-state index in [1.54, 1.807) is 0 Å². The van der Waals surface area contributed by atoms with E-state index < -0.39 is 0 Å². The molecule has 2 N–H and O–H groups in total. The molecule has 0 atom stereocenters. The van der Waals surface area contributed by atoms with Crippen LogP contribution in [0.15, 0.2) is 17.0 Å². The summed E-state index contributed by atoms with van der Waals surface area (Å²) in [5.74, 6) is 0. The van der Waals surface area contributed by atoms with Gasteiger partial charge in [0, 0.05) is 4.90 Å². The molecule has 0 radical (unpaired) electrons. The minimum Gasteiger partial charge on any atom is -0.397 e. The molecule has 0 fully saturated rings. The number of hydrogen-bond acceptors (Lipinski definition) is 2. The lowest BCUT2D eigenvalue weighted by Gasteiger charge is -2.22. The van der Waals surface area contributed by atoms with Gasteiger partial charge in [-0.15, -0.1) is 12.6 Å². The minimum absolute atomic E-state index is 0.0230. The van der Waals surface area contributed by atoms with Crippen LogP contribution >= 0.6 is 24.2 Å². The van der Waals surface area contributed by atoms with Crippen LogP contribution in [0.2, 0.25) is 5.02 Å². The third-order valence-corrected chi connectivity index (χ3v) is 2.88. The molecule has 0 aliphatic rings. The van der Waals surface area contributed by atoms with Crippen molar-refractivity contribution in [3.8, 4) is 0 Å². The summed E-state index contributed by atoms with van der Waals surface area (Å²) < 4.78 is 0. The smallest absolute Gasteiger partial charge is 0.0771 e. The first-order chi connectivity index (χ1) is 5.84. The molecule has 0 saturated heterocycles. The van der Waals surface area contributed by atoms with Crippen LogP contribution in [0.5, 0.6) is 0 Å². The van der Waals surface area contributed by atoms with Crippen LogP contribution in [0.25, 0.3) is 0 Å². The van der Waals surface area contributed by atoms with Crippen molar-refractivity contribution in [2.75, 3.05) is 5.73 Å². The van der Waals surface area contributed by atoms with E-state index in [1.165, 1.54) is 0 Å². The van der Waals surface area contributed by atoms with Crippen LogP contribution in [0.3, 0.4) is 0 Å². The Hall–Kier alpha value is -0.340. The molecule has 0 unspecified atom stereocenters. The maximum absolute atomic E-state index is 5.99. The molecule has 1 aromatic carbocycles. The Kier molecular flexibility index (Phi) is 2.83. The number of thiol groups is 1. The molecule has 0 aromatic heterocycles. The van der Waals surface area contributed by atoms with Crippen LogP contribution in [-0.2, 0) is 5.41 Å². The number of halogens is 1. The molecule has 1 nitrogen and oxygen atoms in total. The summed E-state index contributed by atoms with van der Waals surface area (Å²) in [6, 6.07) is 3.85. The highest BCUT2D eigenvalue weighted by atomic mass is 35.5.